The van der Waals surface area contributed by atoms with E-state index in [0.717, 1.165) is 10.4 Å². The van der Waals surface area contributed by atoms with E-state index in [1.807, 2.05) is 47.8 Å². The molecule has 0 amide bonds. The van der Waals surface area contributed by atoms with Crippen molar-refractivity contribution < 1.29 is 14.6 Å². The van der Waals surface area contributed by atoms with Gasteiger partial charge in [0.1, 0.15) is 0 Å². The van der Waals surface area contributed by atoms with E-state index in [2.05, 4.69) is 0 Å². The van der Waals surface area contributed by atoms with Crippen LogP contribution in [0.15, 0.2) is 53.6 Å². The lowest BCUT2D eigenvalue weighted by Crippen LogP contribution is -2.01. The first-order valence-electron chi connectivity index (χ1n) is 5.50. The van der Waals surface area contributed by atoms with Crippen LogP contribution in [0.25, 0.3) is 5.57 Å². The van der Waals surface area contributed by atoms with Gasteiger partial charge in [0.2, 0.25) is 5.76 Å². The van der Waals surface area contributed by atoms with E-state index in [-0.39, 0.29) is 5.76 Å². The van der Waals surface area contributed by atoms with Gasteiger partial charge in [0, 0.05) is 4.88 Å². The Kier molecular flexibility index (Phi) is 2.64. The van der Waals surface area contributed by atoms with Crippen LogP contribution in [0, 0.1) is 0 Å². The second-order valence-corrected chi connectivity index (χ2v) is 4.91. The average molecular weight is 258 g/mol. The molecule has 0 radical (unpaired) electrons. The summed E-state index contributed by atoms with van der Waals surface area (Å²) in [6.07, 6.45) is -0.500. The van der Waals surface area contributed by atoms with Crippen LogP contribution >= 0.6 is 11.3 Å². The lowest BCUT2D eigenvalue weighted by Gasteiger charge is -2.11. The number of esters is 1. The highest BCUT2D eigenvalue weighted by atomic mass is 32.1. The number of carbonyl (C=O) groups excluding carboxylic acids is 1. The van der Waals surface area contributed by atoms with Crippen LogP contribution < -0.4 is 0 Å². The van der Waals surface area contributed by atoms with Crippen molar-refractivity contribution in [3.05, 3.63) is 64.0 Å². The van der Waals surface area contributed by atoms with Crippen LogP contribution in [-0.4, -0.2) is 11.1 Å². The Morgan fingerprint density at radius 3 is 2.56 bits per heavy atom. The van der Waals surface area contributed by atoms with Gasteiger partial charge in [-0.1, -0.05) is 36.4 Å². The molecule has 0 fully saturated rings. The maximum atomic E-state index is 11.5. The smallest absolute Gasteiger partial charge is 0.374 e. The van der Waals surface area contributed by atoms with Gasteiger partial charge < -0.3 is 9.84 Å². The highest BCUT2D eigenvalue weighted by Crippen LogP contribution is 2.42. The Balaban J connectivity index is 2.11. The molecule has 3 rings (SSSR count). The lowest BCUT2D eigenvalue weighted by atomic mass is 10.00. The number of hydrogen-bond donors (Lipinski definition) is 1. The Morgan fingerprint density at radius 2 is 1.89 bits per heavy atom. The molecule has 0 saturated heterocycles. The number of thiophene rings is 1. The van der Waals surface area contributed by atoms with Gasteiger partial charge in [-0.05, 0) is 17.0 Å². The summed E-state index contributed by atoms with van der Waals surface area (Å²) in [7, 11) is 0. The van der Waals surface area contributed by atoms with Crippen LogP contribution in [0.2, 0.25) is 0 Å². The molecule has 0 aliphatic carbocycles. The van der Waals surface area contributed by atoms with E-state index >= 15 is 0 Å². The van der Waals surface area contributed by atoms with E-state index < -0.39 is 12.1 Å². The SMILES string of the molecule is O=C1OC(c2cccs2)C(c2ccccc2)=C1O. The Bertz CT molecular complexity index is 599. The molecule has 1 aromatic heterocycles. The maximum absolute atomic E-state index is 11.5. The first kappa shape index (κ1) is 11.0. The Hall–Kier alpha value is -2.07. The summed E-state index contributed by atoms with van der Waals surface area (Å²) in [5.41, 5.74) is 1.35. The van der Waals surface area contributed by atoms with Crippen molar-refractivity contribution in [2.24, 2.45) is 0 Å². The van der Waals surface area contributed by atoms with Crippen molar-refractivity contribution >= 4 is 22.9 Å². The van der Waals surface area contributed by atoms with Crippen molar-refractivity contribution in [2.75, 3.05) is 0 Å². The summed E-state index contributed by atoms with van der Waals surface area (Å²) < 4.78 is 5.23. The first-order valence-corrected chi connectivity index (χ1v) is 6.38. The number of carbonyl (C=O) groups is 1. The van der Waals surface area contributed by atoms with Gasteiger partial charge in [-0.15, -0.1) is 11.3 Å². The fourth-order valence-electron chi connectivity index (χ4n) is 2.00. The molecule has 1 unspecified atom stereocenters. The van der Waals surface area contributed by atoms with E-state index in [1.54, 1.807) is 0 Å². The molecule has 3 nitrogen and oxygen atoms in total. The third-order valence-electron chi connectivity index (χ3n) is 2.82. The van der Waals surface area contributed by atoms with Crippen molar-refractivity contribution in [3.8, 4) is 0 Å². The molecule has 0 bridgehead atoms. The van der Waals surface area contributed by atoms with Gasteiger partial charge in [-0.2, -0.15) is 0 Å². The zero-order valence-corrected chi connectivity index (χ0v) is 10.2. The van der Waals surface area contributed by atoms with Crippen LogP contribution in [0.1, 0.15) is 16.5 Å². The summed E-state index contributed by atoms with van der Waals surface area (Å²) in [5.74, 6) is -0.952. The zero-order chi connectivity index (χ0) is 12.5. The van der Waals surface area contributed by atoms with E-state index in [1.165, 1.54) is 11.3 Å². The molecule has 1 aliphatic heterocycles. The summed E-state index contributed by atoms with van der Waals surface area (Å²) in [4.78, 5) is 12.4. The number of cyclic esters (lactones) is 1. The molecule has 2 aromatic rings. The lowest BCUT2D eigenvalue weighted by molar-refractivity contribution is -0.142. The minimum atomic E-state index is -0.660. The number of benzene rings is 1. The molecule has 4 heteroatoms. The molecule has 0 spiro atoms. The minimum absolute atomic E-state index is 0.292. The van der Waals surface area contributed by atoms with Crippen molar-refractivity contribution in [2.45, 2.75) is 6.10 Å². The Labute approximate surface area is 108 Å². The number of hydrogen-bond acceptors (Lipinski definition) is 4. The fraction of sp³-hybridized carbons (Fsp3) is 0.0714. The van der Waals surface area contributed by atoms with Crippen LogP contribution in [-0.2, 0) is 9.53 Å². The summed E-state index contributed by atoms with van der Waals surface area (Å²) in [6.45, 7) is 0. The summed E-state index contributed by atoms with van der Waals surface area (Å²) in [5, 5.41) is 11.8. The number of ether oxygens (including phenoxy) is 1. The Morgan fingerprint density at radius 1 is 1.11 bits per heavy atom. The number of rotatable bonds is 2. The summed E-state index contributed by atoms with van der Waals surface area (Å²) in [6, 6.07) is 13.1. The van der Waals surface area contributed by atoms with E-state index in [9.17, 15) is 9.90 Å². The van der Waals surface area contributed by atoms with Gasteiger partial charge >= 0.3 is 5.97 Å². The van der Waals surface area contributed by atoms with Crippen molar-refractivity contribution in [1.29, 1.82) is 0 Å². The topological polar surface area (TPSA) is 46.5 Å². The van der Waals surface area contributed by atoms with Gasteiger partial charge in [0.05, 0.1) is 5.57 Å². The molecule has 1 N–H and O–H groups in total. The largest absolute Gasteiger partial charge is 0.502 e. The van der Waals surface area contributed by atoms with Crippen LogP contribution in [0.3, 0.4) is 0 Å². The molecular formula is C14H10O3S. The molecular weight excluding hydrogens is 248 g/mol. The predicted molar refractivity (Wildman–Crippen MR) is 69.1 cm³/mol. The van der Waals surface area contributed by atoms with Crippen molar-refractivity contribution in [1.82, 2.24) is 0 Å². The average Bonchev–Trinajstić information content (AvgIpc) is 3.00. The predicted octanol–water partition coefficient (Wildman–Crippen LogP) is 3.32. The highest BCUT2D eigenvalue weighted by Gasteiger charge is 2.36. The molecule has 1 aromatic carbocycles. The normalized spacial score (nSPS) is 19.1. The van der Waals surface area contributed by atoms with E-state index in [4.69, 9.17) is 4.74 Å². The highest BCUT2D eigenvalue weighted by molar-refractivity contribution is 7.10. The zero-order valence-electron chi connectivity index (χ0n) is 9.37. The molecule has 18 heavy (non-hydrogen) atoms. The van der Waals surface area contributed by atoms with Gasteiger partial charge in [0.15, 0.2) is 6.10 Å². The minimum Gasteiger partial charge on any atom is -0.502 e. The number of aliphatic hydroxyl groups excluding tert-OH is 1. The van der Waals surface area contributed by atoms with Crippen LogP contribution in [0.5, 0.6) is 0 Å². The van der Waals surface area contributed by atoms with Gasteiger partial charge in [0.25, 0.3) is 0 Å². The monoisotopic (exact) mass is 258 g/mol. The van der Waals surface area contributed by atoms with Crippen molar-refractivity contribution in [3.63, 3.8) is 0 Å². The second-order valence-electron chi connectivity index (χ2n) is 3.93. The quantitative estimate of drug-likeness (QED) is 0.840. The number of aliphatic hydroxyl groups is 1. The van der Waals surface area contributed by atoms with Gasteiger partial charge in [-0.3, -0.25) is 0 Å². The fourth-order valence-corrected chi connectivity index (χ4v) is 2.76. The second kappa shape index (κ2) is 4.31. The van der Waals surface area contributed by atoms with Gasteiger partial charge in [-0.25, -0.2) is 4.79 Å². The maximum Gasteiger partial charge on any atom is 0.374 e. The van der Waals surface area contributed by atoms with E-state index in [0.29, 0.717) is 5.57 Å². The molecule has 90 valence electrons. The standard InChI is InChI=1S/C14H10O3S/c15-12-11(9-5-2-1-3-6-9)13(17-14(12)16)10-7-4-8-18-10/h1-8,13,15H. The molecule has 2 heterocycles. The van der Waals surface area contributed by atoms with Crippen LogP contribution in [0.4, 0.5) is 0 Å². The summed E-state index contributed by atoms with van der Waals surface area (Å²) >= 11 is 1.50. The molecule has 1 atom stereocenters. The third-order valence-corrected chi connectivity index (χ3v) is 3.74. The first-order chi connectivity index (χ1) is 8.77. The third kappa shape index (κ3) is 1.71. The molecule has 1 aliphatic rings. The molecule has 0 saturated carbocycles.